The van der Waals surface area contributed by atoms with Crippen LogP contribution in [-0.4, -0.2) is 46.0 Å². The van der Waals surface area contributed by atoms with Crippen LogP contribution in [0.3, 0.4) is 0 Å². The lowest BCUT2D eigenvalue weighted by Gasteiger charge is -2.28. The second-order valence-corrected chi connectivity index (χ2v) is 9.23. The molecule has 0 aromatic heterocycles. The molecular formula is C20H26N2O4S2. The van der Waals surface area contributed by atoms with E-state index in [0.717, 1.165) is 22.1 Å². The lowest BCUT2D eigenvalue weighted by Crippen LogP contribution is -2.48. The first-order valence-electron chi connectivity index (χ1n) is 8.85. The van der Waals surface area contributed by atoms with E-state index in [1.54, 1.807) is 43.0 Å². The predicted molar refractivity (Wildman–Crippen MR) is 115 cm³/mol. The Kier molecular flexibility index (Phi) is 8.19. The summed E-state index contributed by atoms with van der Waals surface area (Å²) in [5.41, 5.74) is 1.62. The number of ether oxygens (including phenoxy) is 1. The van der Waals surface area contributed by atoms with Crippen LogP contribution >= 0.6 is 11.8 Å². The van der Waals surface area contributed by atoms with Crippen LogP contribution < -0.4 is 14.4 Å². The van der Waals surface area contributed by atoms with Gasteiger partial charge in [-0.05, 0) is 24.6 Å². The first-order chi connectivity index (χ1) is 13.3. The molecule has 0 aliphatic carbocycles. The molecule has 0 fully saturated rings. The number of thioether (sulfide) groups is 1. The van der Waals surface area contributed by atoms with E-state index in [0.29, 0.717) is 18.0 Å². The topological polar surface area (TPSA) is 75.7 Å². The predicted octanol–water partition coefficient (Wildman–Crippen LogP) is 2.90. The van der Waals surface area contributed by atoms with E-state index in [9.17, 15) is 13.2 Å². The minimum Gasteiger partial charge on any atom is -0.497 e. The second kappa shape index (κ2) is 10.4. The quantitative estimate of drug-likeness (QED) is 0.596. The first kappa shape index (κ1) is 22.1. The van der Waals surface area contributed by atoms with Crippen molar-refractivity contribution in [1.29, 1.82) is 0 Å². The summed E-state index contributed by atoms with van der Waals surface area (Å²) in [6.45, 7) is 2.04. The molecule has 152 valence electrons. The summed E-state index contributed by atoms with van der Waals surface area (Å²) in [5.74, 6) is 1.79. The lowest BCUT2D eigenvalue weighted by atomic mass is 10.2. The van der Waals surface area contributed by atoms with Crippen molar-refractivity contribution in [2.24, 2.45) is 0 Å². The van der Waals surface area contributed by atoms with Crippen LogP contribution in [0.15, 0.2) is 54.6 Å². The van der Waals surface area contributed by atoms with Gasteiger partial charge in [-0.25, -0.2) is 8.42 Å². The zero-order chi connectivity index (χ0) is 20.6. The van der Waals surface area contributed by atoms with Crippen LogP contribution in [-0.2, 0) is 20.6 Å². The van der Waals surface area contributed by atoms with E-state index < -0.39 is 16.1 Å². The maximum absolute atomic E-state index is 12.5. The first-order valence-corrected chi connectivity index (χ1v) is 11.9. The Bertz CT molecular complexity index is 873. The number of nitrogens with zero attached hydrogens (tertiary/aromatic N) is 1. The summed E-state index contributed by atoms with van der Waals surface area (Å²) in [5, 5.41) is 2.82. The van der Waals surface area contributed by atoms with Gasteiger partial charge >= 0.3 is 0 Å². The van der Waals surface area contributed by atoms with Crippen LogP contribution in [0, 0.1) is 0 Å². The van der Waals surface area contributed by atoms with Gasteiger partial charge < -0.3 is 10.1 Å². The molecule has 0 spiro atoms. The number of rotatable bonds is 10. The molecule has 1 amide bonds. The summed E-state index contributed by atoms with van der Waals surface area (Å²) in [6.07, 6.45) is 1.09. The molecule has 0 radical (unpaired) electrons. The summed E-state index contributed by atoms with van der Waals surface area (Å²) in [6, 6.07) is 15.9. The van der Waals surface area contributed by atoms with Gasteiger partial charge in [0.2, 0.25) is 15.9 Å². The number of carbonyl (C=O) groups excluding carboxylic acids is 1. The third-order valence-corrected chi connectivity index (χ3v) is 6.33. The molecule has 0 aliphatic rings. The number of methoxy groups -OCH3 is 1. The standard InChI is InChI=1S/C20H26N2O4S2/c1-16(20(23)21-12-13-27-15-17-8-5-4-6-9-17)22(28(3,24)25)18-10-7-11-19(14-18)26-2/h4-11,14,16H,12-13,15H2,1-3H3,(H,21,23)/t16-/m0/s1. The Balaban J connectivity index is 1.94. The van der Waals surface area contributed by atoms with E-state index in [2.05, 4.69) is 17.4 Å². The SMILES string of the molecule is COc1cccc(N([C@@H](C)C(=O)NCCSCc2ccccc2)S(C)(=O)=O)c1. The molecule has 1 atom stereocenters. The highest BCUT2D eigenvalue weighted by molar-refractivity contribution is 7.98. The van der Waals surface area contributed by atoms with Crippen LogP contribution in [0.5, 0.6) is 5.75 Å². The fourth-order valence-electron chi connectivity index (χ4n) is 2.71. The van der Waals surface area contributed by atoms with Crippen LogP contribution in [0.4, 0.5) is 5.69 Å². The van der Waals surface area contributed by atoms with Crippen LogP contribution in [0.1, 0.15) is 12.5 Å². The molecule has 0 heterocycles. The van der Waals surface area contributed by atoms with Crippen molar-refractivity contribution >= 4 is 33.4 Å². The Hall–Kier alpha value is -2.19. The van der Waals surface area contributed by atoms with Gasteiger partial charge in [0, 0.05) is 24.1 Å². The van der Waals surface area contributed by atoms with Crippen LogP contribution in [0.25, 0.3) is 0 Å². The summed E-state index contributed by atoms with van der Waals surface area (Å²) in [4.78, 5) is 12.5. The molecule has 28 heavy (non-hydrogen) atoms. The fraction of sp³-hybridized carbons (Fsp3) is 0.350. The molecule has 2 aromatic rings. The van der Waals surface area contributed by atoms with Crippen molar-refractivity contribution in [1.82, 2.24) is 5.32 Å². The Labute approximate surface area is 171 Å². The van der Waals surface area contributed by atoms with Crippen molar-refractivity contribution in [3.8, 4) is 5.75 Å². The molecule has 0 bridgehead atoms. The number of hydrogen-bond donors (Lipinski definition) is 1. The maximum Gasteiger partial charge on any atom is 0.243 e. The average molecular weight is 423 g/mol. The molecule has 0 aliphatic heterocycles. The summed E-state index contributed by atoms with van der Waals surface area (Å²) in [7, 11) is -2.14. The molecule has 1 N–H and O–H groups in total. The monoisotopic (exact) mass is 422 g/mol. The molecule has 0 saturated carbocycles. The maximum atomic E-state index is 12.5. The third-order valence-electron chi connectivity index (χ3n) is 4.05. The van der Waals surface area contributed by atoms with Gasteiger partial charge in [-0.2, -0.15) is 11.8 Å². The normalized spacial score (nSPS) is 12.2. The van der Waals surface area contributed by atoms with E-state index in [1.165, 1.54) is 12.7 Å². The summed E-state index contributed by atoms with van der Waals surface area (Å²) < 4.78 is 30.9. The fourth-order valence-corrected chi connectivity index (χ4v) is 4.70. The minimum atomic E-state index is -3.65. The highest BCUT2D eigenvalue weighted by Crippen LogP contribution is 2.25. The largest absolute Gasteiger partial charge is 0.497 e. The average Bonchev–Trinajstić information content (AvgIpc) is 2.67. The zero-order valence-corrected chi connectivity index (χ0v) is 17.9. The molecule has 0 saturated heterocycles. The van der Waals surface area contributed by atoms with Crippen molar-refractivity contribution in [3.05, 3.63) is 60.2 Å². The smallest absolute Gasteiger partial charge is 0.243 e. The number of nitrogens with one attached hydrogen (secondary N) is 1. The van der Waals surface area contributed by atoms with E-state index >= 15 is 0 Å². The van der Waals surface area contributed by atoms with Crippen molar-refractivity contribution < 1.29 is 17.9 Å². The Morgan fingerprint density at radius 1 is 1.18 bits per heavy atom. The molecule has 2 aromatic carbocycles. The molecule has 6 nitrogen and oxygen atoms in total. The number of sulfonamides is 1. The number of anilines is 1. The number of carbonyl (C=O) groups is 1. The third kappa shape index (κ3) is 6.45. The van der Waals surface area contributed by atoms with Gasteiger partial charge in [0.05, 0.1) is 19.1 Å². The molecule has 0 unspecified atom stereocenters. The number of amides is 1. The minimum absolute atomic E-state index is 0.339. The van der Waals surface area contributed by atoms with Crippen molar-refractivity contribution in [3.63, 3.8) is 0 Å². The van der Waals surface area contributed by atoms with E-state index in [-0.39, 0.29) is 5.91 Å². The van der Waals surface area contributed by atoms with E-state index in [1.807, 2.05) is 18.2 Å². The number of hydrogen-bond acceptors (Lipinski definition) is 5. The van der Waals surface area contributed by atoms with Crippen molar-refractivity contribution in [2.45, 2.75) is 18.7 Å². The highest BCUT2D eigenvalue weighted by Gasteiger charge is 2.29. The van der Waals surface area contributed by atoms with Gasteiger partial charge in [0.25, 0.3) is 0 Å². The number of benzene rings is 2. The Morgan fingerprint density at radius 2 is 1.89 bits per heavy atom. The van der Waals surface area contributed by atoms with Gasteiger partial charge in [0.15, 0.2) is 0 Å². The second-order valence-electron chi connectivity index (χ2n) is 6.27. The highest BCUT2D eigenvalue weighted by atomic mass is 32.2. The van der Waals surface area contributed by atoms with Gasteiger partial charge in [-0.3, -0.25) is 9.10 Å². The lowest BCUT2D eigenvalue weighted by molar-refractivity contribution is -0.121. The Morgan fingerprint density at radius 3 is 2.54 bits per heavy atom. The van der Waals surface area contributed by atoms with E-state index in [4.69, 9.17) is 4.74 Å². The van der Waals surface area contributed by atoms with Gasteiger partial charge in [0.1, 0.15) is 11.8 Å². The van der Waals surface area contributed by atoms with Gasteiger partial charge in [-0.1, -0.05) is 36.4 Å². The zero-order valence-electron chi connectivity index (χ0n) is 16.3. The molecule has 2 rings (SSSR count). The van der Waals surface area contributed by atoms with Gasteiger partial charge in [-0.15, -0.1) is 0 Å². The van der Waals surface area contributed by atoms with Crippen LogP contribution in [0.2, 0.25) is 0 Å². The summed E-state index contributed by atoms with van der Waals surface area (Å²) >= 11 is 1.71. The molecular weight excluding hydrogens is 396 g/mol. The van der Waals surface area contributed by atoms with Crippen molar-refractivity contribution in [2.75, 3.05) is 30.0 Å². The molecule has 8 heteroatoms.